The predicted molar refractivity (Wildman–Crippen MR) is 127 cm³/mol. The molecule has 4 rings (SSSR count). The topological polar surface area (TPSA) is 90.2 Å². The van der Waals surface area contributed by atoms with Gasteiger partial charge in [0.05, 0.1) is 19.9 Å². The molecule has 10 heteroatoms. The molecule has 0 atom stereocenters. The van der Waals surface area contributed by atoms with E-state index in [4.69, 9.17) is 9.47 Å². The predicted octanol–water partition coefficient (Wildman–Crippen LogP) is 3.00. The highest BCUT2D eigenvalue weighted by molar-refractivity contribution is 7.93. The molecule has 0 saturated heterocycles. The van der Waals surface area contributed by atoms with E-state index < -0.39 is 15.9 Å². The van der Waals surface area contributed by atoms with Crippen LogP contribution < -0.4 is 18.6 Å². The molecule has 0 unspecified atom stereocenters. The first-order valence-electron chi connectivity index (χ1n) is 10.1. The second-order valence-electron chi connectivity index (χ2n) is 7.29. The van der Waals surface area contributed by atoms with E-state index in [0.29, 0.717) is 29.0 Å². The number of aryl methyl sites for hydroxylation is 1. The van der Waals surface area contributed by atoms with Crippen molar-refractivity contribution in [1.29, 1.82) is 0 Å². The van der Waals surface area contributed by atoms with Gasteiger partial charge in [-0.1, -0.05) is 18.2 Å². The summed E-state index contributed by atoms with van der Waals surface area (Å²) in [6.07, 6.45) is 5.24. The van der Waals surface area contributed by atoms with Crippen LogP contribution in [0, 0.1) is 0 Å². The Balaban J connectivity index is 1.75. The fourth-order valence-electron chi connectivity index (χ4n) is 3.65. The van der Waals surface area contributed by atoms with Crippen molar-refractivity contribution in [1.82, 2.24) is 4.57 Å². The van der Waals surface area contributed by atoms with Gasteiger partial charge in [0.1, 0.15) is 4.90 Å². The fraction of sp³-hybridized carbons (Fsp3) is 0.217. The molecule has 1 aromatic heterocycles. The summed E-state index contributed by atoms with van der Waals surface area (Å²) in [5.41, 5.74) is 2.09. The van der Waals surface area contributed by atoms with E-state index in [-0.39, 0.29) is 16.4 Å². The van der Waals surface area contributed by atoms with E-state index in [0.717, 1.165) is 5.56 Å². The van der Waals surface area contributed by atoms with Gasteiger partial charge in [-0.2, -0.15) is 4.99 Å². The van der Waals surface area contributed by atoms with Crippen LogP contribution in [0.15, 0.2) is 63.9 Å². The first-order valence-corrected chi connectivity index (χ1v) is 12.4. The van der Waals surface area contributed by atoms with Crippen molar-refractivity contribution < 1.29 is 22.7 Å². The minimum absolute atomic E-state index is 0.0326. The zero-order chi connectivity index (χ0) is 23.6. The smallest absolute Gasteiger partial charge is 0.272 e. The van der Waals surface area contributed by atoms with Crippen LogP contribution in [0.25, 0.3) is 6.08 Å². The van der Waals surface area contributed by atoms with Crippen LogP contribution in [0.1, 0.15) is 11.1 Å². The Morgan fingerprint density at radius 1 is 1.18 bits per heavy atom. The minimum atomic E-state index is -3.95. The number of benzene rings is 2. The van der Waals surface area contributed by atoms with E-state index in [1.165, 1.54) is 48.1 Å². The Morgan fingerprint density at radius 2 is 1.97 bits per heavy atom. The highest BCUT2D eigenvalue weighted by atomic mass is 32.2. The number of hydrogen-bond acceptors (Lipinski definition) is 6. The van der Waals surface area contributed by atoms with Crippen LogP contribution in [0.4, 0.5) is 5.69 Å². The van der Waals surface area contributed by atoms with Crippen LogP contribution in [0.3, 0.4) is 0 Å². The van der Waals surface area contributed by atoms with Crippen molar-refractivity contribution in [2.45, 2.75) is 11.3 Å². The summed E-state index contributed by atoms with van der Waals surface area (Å²) in [6.45, 7) is 0.336. The van der Waals surface area contributed by atoms with Crippen LogP contribution in [-0.4, -0.2) is 39.7 Å². The maximum absolute atomic E-state index is 13.7. The van der Waals surface area contributed by atoms with Crippen LogP contribution in [-0.2, 0) is 28.3 Å². The van der Waals surface area contributed by atoms with Crippen molar-refractivity contribution in [2.75, 3.05) is 25.1 Å². The number of sulfonamides is 1. The fourth-order valence-corrected chi connectivity index (χ4v) is 6.09. The molecule has 0 spiro atoms. The highest BCUT2D eigenvalue weighted by Crippen LogP contribution is 2.40. The number of hydrogen-bond donors (Lipinski definition) is 0. The van der Waals surface area contributed by atoms with E-state index >= 15 is 0 Å². The molecule has 1 aliphatic heterocycles. The number of anilines is 1. The number of rotatable bonds is 6. The first-order chi connectivity index (χ1) is 15.8. The van der Waals surface area contributed by atoms with Crippen molar-refractivity contribution in [3.05, 3.63) is 70.0 Å². The molecule has 0 aliphatic carbocycles. The Bertz CT molecular complexity index is 1400. The summed E-state index contributed by atoms with van der Waals surface area (Å²) in [5.74, 6) is -0.0962. The molecule has 33 heavy (non-hydrogen) atoms. The average Bonchev–Trinajstić information content (AvgIpc) is 3.43. The summed E-state index contributed by atoms with van der Waals surface area (Å²) >= 11 is 1.35. The van der Waals surface area contributed by atoms with Crippen molar-refractivity contribution >= 4 is 39.0 Å². The third-order valence-corrected chi connectivity index (χ3v) is 7.93. The Kier molecular flexibility index (Phi) is 6.39. The molecule has 2 aromatic carbocycles. The maximum Gasteiger partial charge on any atom is 0.272 e. The molecule has 0 bridgehead atoms. The normalized spacial score (nSPS) is 14.0. The van der Waals surface area contributed by atoms with Gasteiger partial charge in [0.25, 0.3) is 15.9 Å². The molecular formula is C23H23N3O5S2. The number of amides is 1. The van der Waals surface area contributed by atoms with Gasteiger partial charge in [-0.3, -0.25) is 9.10 Å². The second kappa shape index (κ2) is 9.24. The van der Waals surface area contributed by atoms with Crippen LogP contribution in [0.5, 0.6) is 11.5 Å². The summed E-state index contributed by atoms with van der Waals surface area (Å²) in [6, 6.07) is 10.5. The lowest BCUT2D eigenvalue weighted by atomic mass is 10.2. The summed E-state index contributed by atoms with van der Waals surface area (Å²) in [7, 11) is 0.680. The summed E-state index contributed by atoms with van der Waals surface area (Å²) < 4.78 is 41.3. The van der Waals surface area contributed by atoms with E-state index in [1.807, 2.05) is 29.8 Å². The molecule has 0 saturated carbocycles. The number of ether oxygens (including phenoxy) is 2. The van der Waals surface area contributed by atoms with E-state index in [9.17, 15) is 13.2 Å². The number of thiazole rings is 1. The molecule has 1 aliphatic rings. The van der Waals surface area contributed by atoms with Gasteiger partial charge in [0, 0.05) is 31.2 Å². The Morgan fingerprint density at radius 3 is 2.67 bits per heavy atom. The molecule has 1 amide bonds. The Hall–Kier alpha value is -3.37. The third-order valence-electron chi connectivity index (χ3n) is 5.26. The van der Waals surface area contributed by atoms with Gasteiger partial charge in [-0.15, -0.1) is 11.3 Å². The van der Waals surface area contributed by atoms with Gasteiger partial charge in [-0.05, 0) is 41.8 Å². The SMILES string of the molecule is COc1cc(C=CC(=O)N=c2sccn2C)cc(S(=O)(=O)N2CCc3ccccc32)c1OC. The minimum Gasteiger partial charge on any atom is -0.493 e. The van der Waals surface area contributed by atoms with E-state index in [2.05, 4.69) is 4.99 Å². The summed E-state index contributed by atoms with van der Waals surface area (Å²) in [4.78, 5) is 16.9. The average molecular weight is 486 g/mol. The molecule has 8 nitrogen and oxygen atoms in total. The van der Waals surface area contributed by atoms with Crippen LogP contribution >= 0.6 is 11.3 Å². The molecule has 0 fully saturated rings. The molecule has 0 N–H and O–H groups in total. The highest BCUT2D eigenvalue weighted by Gasteiger charge is 2.34. The lowest BCUT2D eigenvalue weighted by molar-refractivity contribution is -0.113. The number of methoxy groups -OCH3 is 2. The second-order valence-corrected chi connectivity index (χ2v) is 9.99. The molecular weight excluding hydrogens is 462 g/mol. The van der Waals surface area contributed by atoms with Gasteiger partial charge < -0.3 is 14.0 Å². The zero-order valence-electron chi connectivity index (χ0n) is 18.4. The van der Waals surface area contributed by atoms with Gasteiger partial charge in [0.2, 0.25) is 0 Å². The van der Waals surface area contributed by atoms with Crippen LogP contribution in [0.2, 0.25) is 0 Å². The van der Waals surface area contributed by atoms with Gasteiger partial charge in [-0.25, -0.2) is 8.42 Å². The summed E-state index contributed by atoms with van der Waals surface area (Å²) in [5, 5.41) is 1.83. The van der Waals surface area contributed by atoms with Gasteiger partial charge >= 0.3 is 0 Å². The number of carbonyl (C=O) groups excluding carboxylic acids is 1. The largest absolute Gasteiger partial charge is 0.493 e. The maximum atomic E-state index is 13.7. The molecule has 0 radical (unpaired) electrons. The number of aromatic nitrogens is 1. The number of nitrogens with zero attached hydrogens (tertiary/aromatic N) is 3. The van der Waals surface area contributed by atoms with Crippen molar-refractivity contribution in [3.8, 4) is 11.5 Å². The van der Waals surface area contributed by atoms with E-state index in [1.54, 1.807) is 23.7 Å². The van der Waals surface area contributed by atoms with Gasteiger partial charge in [0.15, 0.2) is 16.3 Å². The molecule has 3 aromatic rings. The lowest BCUT2D eigenvalue weighted by Crippen LogP contribution is -2.29. The Labute approximate surface area is 196 Å². The van der Waals surface area contributed by atoms with Crippen molar-refractivity contribution in [3.63, 3.8) is 0 Å². The molecule has 2 heterocycles. The number of fused-ring (bicyclic) bond motifs is 1. The quantitative estimate of drug-likeness (QED) is 0.501. The number of para-hydroxylation sites is 1. The van der Waals surface area contributed by atoms with Crippen molar-refractivity contribution in [2.24, 2.45) is 12.0 Å². The monoisotopic (exact) mass is 485 g/mol. The third kappa shape index (κ3) is 4.44. The zero-order valence-corrected chi connectivity index (χ0v) is 20.0. The first kappa shape index (κ1) is 22.8. The standard InChI is InChI=1S/C23H23N3O5S2/c1-25-12-13-32-23(25)24-21(27)9-8-16-14-19(30-2)22(31-3)20(15-16)33(28,29)26-11-10-17-6-4-5-7-18(17)26/h4-9,12-15H,10-11H2,1-3H3. The molecule has 172 valence electrons. The number of carbonyl (C=O) groups is 1. The lowest BCUT2D eigenvalue weighted by Gasteiger charge is -2.22.